The van der Waals surface area contributed by atoms with Crippen LogP contribution in [-0.2, 0) is 4.74 Å². The third kappa shape index (κ3) is 4.79. The number of benzene rings is 3. The normalized spacial score (nSPS) is 14.2. The molecule has 170 valence electrons. The molecule has 0 aliphatic heterocycles. The molecule has 0 radical (unpaired) electrons. The Morgan fingerprint density at radius 3 is 2.30 bits per heavy atom. The summed E-state index contributed by atoms with van der Waals surface area (Å²) in [7, 11) is 0. The number of aliphatic hydroxyl groups excluding tert-OH is 2. The maximum atomic E-state index is 13.3. The van der Waals surface area contributed by atoms with Crippen LogP contribution in [0.15, 0.2) is 66.7 Å². The van der Waals surface area contributed by atoms with Gasteiger partial charge >= 0.3 is 6.09 Å². The van der Waals surface area contributed by atoms with Gasteiger partial charge in [-0.1, -0.05) is 54.6 Å². The maximum absolute atomic E-state index is 13.3. The van der Waals surface area contributed by atoms with Crippen molar-refractivity contribution in [1.29, 1.82) is 0 Å². The van der Waals surface area contributed by atoms with Gasteiger partial charge in [0.15, 0.2) is 6.29 Å². The van der Waals surface area contributed by atoms with Crippen LogP contribution in [0.2, 0.25) is 0 Å². The molecule has 33 heavy (non-hydrogen) atoms. The van der Waals surface area contributed by atoms with Crippen LogP contribution in [-0.4, -0.2) is 41.8 Å². The molecule has 0 aromatic heterocycles. The van der Waals surface area contributed by atoms with Gasteiger partial charge in [0.1, 0.15) is 18.5 Å². The van der Waals surface area contributed by atoms with Gasteiger partial charge in [0.05, 0.1) is 6.10 Å². The highest BCUT2D eigenvalue weighted by molar-refractivity contribution is 5.79. The lowest BCUT2D eigenvalue weighted by molar-refractivity contribution is 0.0133. The summed E-state index contributed by atoms with van der Waals surface area (Å²) in [5, 5.41) is 23.1. The zero-order chi connectivity index (χ0) is 23.4. The van der Waals surface area contributed by atoms with Gasteiger partial charge in [0, 0.05) is 18.0 Å². The minimum Gasteiger partial charge on any atom is -0.449 e. The predicted octanol–water partition coefficient (Wildman–Crippen LogP) is 3.96. The lowest BCUT2D eigenvalue weighted by Gasteiger charge is -2.20. The largest absolute Gasteiger partial charge is 0.449 e. The number of carbonyl (C=O) groups is 2. The van der Waals surface area contributed by atoms with Crippen molar-refractivity contribution in [2.24, 2.45) is 0 Å². The van der Waals surface area contributed by atoms with Gasteiger partial charge in [-0.25, -0.2) is 9.18 Å². The van der Waals surface area contributed by atoms with Crippen molar-refractivity contribution in [2.75, 3.05) is 13.2 Å². The minimum absolute atomic E-state index is 0.0149. The van der Waals surface area contributed by atoms with E-state index in [1.165, 1.54) is 6.07 Å². The number of ether oxygens (including phenoxy) is 1. The Hall–Kier alpha value is -3.55. The molecule has 6 nitrogen and oxygen atoms in total. The number of rotatable bonds is 8. The molecule has 0 bridgehead atoms. The highest BCUT2D eigenvalue weighted by atomic mass is 19.1. The Morgan fingerprint density at radius 1 is 1.03 bits per heavy atom. The van der Waals surface area contributed by atoms with E-state index in [-0.39, 0.29) is 36.6 Å². The molecule has 0 spiro atoms. The summed E-state index contributed by atoms with van der Waals surface area (Å²) in [6, 6.07) is 19.4. The van der Waals surface area contributed by atoms with E-state index in [1.54, 1.807) is 0 Å². The number of nitrogens with one attached hydrogen (secondary N) is 1. The first-order chi connectivity index (χ1) is 16.0. The van der Waals surface area contributed by atoms with Gasteiger partial charge in [-0.05, 0) is 46.4 Å². The number of aliphatic hydroxyl groups is 2. The zero-order valence-corrected chi connectivity index (χ0v) is 17.8. The summed E-state index contributed by atoms with van der Waals surface area (Å²) in [5.74, 6) is -0.671. The van der Waals surface area contributed by atoms with Crippen LogP contribution in [0.5, 0.6) is 0 Å². The van der Waals surface area contributed by atoms with Crippen molar-refractivity contribution in [2.45, 2.75) is 24.5 Å². The van der Waals surface area contributed by atoms with Gasteiger partial charge in [0.2, 0.25) is 0 Å². The number of alkyl carbamates (subject to hydrolysis) is 1. The standard InChI is InChI=1S/C26H24FNO5/c27-17-9-10-18(16(13-17)14-29)25(31)24(30)11-12-28-26(32)33-15-23-21-7-3-1-5-19(21)20-6-2-4-8-22(20)23/h1-10,13-14,23-25,30-31H,11-12,15H2,(H,28,32). The van der Waals surface area contributed by atoms with E-state index >= 15 is 0 Å². The van der Waals surface area contributed by atoms with Crippen LogP contribution in [0.25, 0.3) is 11.1 Å². The second-order valence-corrected chi connectivity index (χ2v) is 7.94. The SMILES string of the molecule is O=Cc1cc(F)ccc1C(O)C(O)CCNC(=O)OCC1c2ccccc2-c2ccccc21. The fraction of sp³-hybridized carbons (Fsp3) is 0.231. The van der Waals surface area contributed by atoms with Gasteiger partial charge in [-0.15, -0.1) is 0 Å². The molecular formula is C26H24FNO5. The molecule has 2 unspecified atom stereocenters. The Bertz CT molecular complexity index is 1120. The number of hydrogen-bond donors (Lipinski definition) is 3. The van der Waals surface area contributed by atoms with E-state index in [1.807, 2.05) is 36.4 Å². The summed E-state index contributed by atoms with van der Waals surface area (Å²) in [5.41, 5.74) is 4.57. The van der Waals surface area contributed by atoms with Gasteiger partial charge in [0.25, 0.3) is 0 Å². The summed E-state index contributed by atoms with van der Waals surface area (Å²) in [6.07, 6.45) is -2.85. The van der Waals surface area contributed by atoms with E-state index in [9.17, 15) is 24.2 Å². The molecule has 0 fully saturated rings. The topological polar surface area (TPSA) is 95.9 Å². The fourth-order valence-corrected chi connectivity index (χ4v) is 4.25. The summed E-state index contributed by atoms with van der Waals surface area (Å²) in [4.78, 5) is 23.3. The molecule has 3 aromatic carbocycles. The second kappa shape index (κ2) is 9.94. The molecule has 2 atom stereocenters. The van der Waals surface area contributed by atoms with Crippen molar-refractivity contribution in [3.05, 3.63) is 94.8 Å². The van der Waals surface area contributed by atoms with Crippen molar-refractivity contribution in [3.63, 3.8) is 0 Å². The molecule has 1 amide bonds. The van der Waals surface area contributed by atoms with Crippen LogP contribution < -0.4 is 5.32 Å². The maximum Gasteiger partial charge on any atom is 0.407 e. The number of halogens is 1. The first-order valence-corrected chi connectivity index (χ1v) is 10.7. The van der Waals surface area contributed by atoms with E-state index in [0.717, 1.165) is 34.4 Å². The lowest BCUT2D eigenvalue weighted by Crippen LogP contribution is -2.31. The monoisotopic (exact) mass is 449 g/mol. The molecule has 1 aliphatic rings. The van der Waals surface area contributed by atoms with Crippen LogP contribution in [0.4, 0.5) is 9.18 Å². The minimum atomic E-state index is -1.39. The third-order valence-corrected chi connectivity index (χ3v) is 5.91. The molecule has 0 saturated heterocycles. The number of amides is 1. The quantitative estimate of drug-likeness (QED) is 0.453. The molecule has 0 heterocycles. The van der Waals surface area contributed by atoms with Crippen molar-refractivity contribution in [3.8, 4) is 11.1 Å². The van der Waals surface area contributed by atoms with Crippen LogP contribution in [0, 0.1) is 5.82 Å². The molecule has 3 aromatic rings. The van der Waals surface area contributed by atoms with E-state index in [2.05, 4.69) is 17.4 Å². The molecule has 3 N–H and O–H groups in total. The highest BCUT2D eigenvalue weighted by Crippen LogP contribution is 2.44. The summed E-state index contributed by atoms with van der Waals surface area (Å²) in [6.45, 7) is 0.218. The highest BCUT2D eigenvalue weighted by Gasteiger charge is 2.29. The number of aldehydes is 1. The van der Waals surface area contributed by atoms with Crippen LogP contribution >= 0.6 is 0 Å². The van der Waals surface area contributed by atoms with Gasteiger partial charge in [-0.3, -0.25) is 4.79 Å². The van der Waals surface area contributed by atoms with E-state index < -0.39 is 24.1 Å². The van der Waals surface area contributed by atoms with Gasteiger partial charge < -0.3 is 20.3 Å². The molecule has 4 rings (SSSR count). The summed E-state index contributed by atoms with van der Waals surface area (Å²) < 4.78 is 18.7. The lowest BCUT2D eigenvalue weighted by atomic mass is 9.97. The second-order valence-electron chi connectivity index (χ2n) is 7.94. The van der Waals surface area contributed by atoms with Crippen molar-refractivity contribution in [1.82, 2.24) is 5.32 Å². The average Bonchev–Trinajstić information content (AvgIpc) is 3.16. The molecule has 1 aliphatic carbocycles. The number of hydrogen-bond acceptors (Lipinski definition) is 5. The van der Waals surface area contributed by atoms with Crippen molar-refractivity contribution < 1.29 is 28.9 Å². The Balaban J connectivity index is 1.30. The number of carbonyl (C=O) groups excluding carboxylic acids is 2. The fourth-order valence-electron chi connectivity index (χ4n) is 4.25. The average molecular weight is 449 g/mol. The summed E-state index contributed by atoms with van der Waals surface area (Å²) >= 11 is 0. The smallest absolute Gasteiger partial charge is 0.407 e. The number of fused-ring (bicyclic) bond motifs is 3. The third-order valence-electron chi connectivity index (χ3n) is 5.91. The van der Waals surface area contributed by atoms with Crippen molar-refractivity contribution >= 4 is 12.4 Å². The van der Waals surface area contributed by atoms with E-state index in [0.29, 0.717) is 6.29 Å². The van der Waals surface area contributed by atoms with Gasteiger partial charge in [-0.2, -0.15) is 0 Å². The molecule has 7 heteroatoms. The van der Waals surface area contributed by atoms with Crippen LogP contribution in [0.3, 0.4) is 0 Å². The molecular weight excluding hydrogens is 425 g/mol. The predicted molar refractivity (Wildman–Crippen MR) is 120 cm³/mol. The molecule has 0 saturated carbocycles. The first kappa shape index (κ1) is 22.6. The Kier molecular flexibility index (Phi) is 6.82. The van der Waals surface area contributed by atoms with Crippen LogP contribution in [0.1, 0.15) is 45.5 Å². The Labute approximate surface area is 190 Å². The first-order valence-electron chi connectivity index (χ1n) is 10.7. The van der Waals surface area contributed by atoms with E-state index in [4.69, 9.17) is 4.74 Å². The Morgan fingerprint density at radius 2 is 1.67 bits per heavy atom. The zero-order valence-electron chi connectivity index (χ0n) is 17.8.